The standard InChI is InChI=1S/C16H29N3O/c1-4-6-17-15(10-14-5-9-20-13-14)11-16-12-18(2)7-8-19(16)3/h5,9,13,15-17H,4,6-8,10-12H2,1-3H3. The second-order valence-corrected chi connectivity index (χ2v) is 6.12. The maximum atomic E-state index is 5.20. The van der Waals surface area contributed by atoms with Crippen molar-refractivity contribution in [2.45, 2.75) is 38.3 Å². The number of furan rings is 1. The molecule has 0 aliphatic carbocycles. The number of likely N-dealkylation sites (N-methyl/N-ethyl adjacent to an activating group) is 2. The quantitative estimate of drug-likeness (QED) is 0.825. The first-order chi connectivity index (χ1) is 9.69. The van der Waals surface area contributed by atoms with Crippen LogP contribution in [0.15, 0.2) is 23.0 Å². The summed E-state index contributed by atoms with van der Waals surface area (Å²) < 4.78 is 5.20. The number of hydrogen-bond acceptors (Lipinski definition) is 4. The molecule has 1 fully saturated rings. The summed E-state index contributed by atoms with van der Waals surface area (Å²) in [6.45, 7) is 6.85. The molecule has 2 unspecified atom stereocenters. The first-order valence-corrected chi connectivity index (χ1v) is 7.82. The van der Waals surface area contributed by atoms with E-state index < -0.39 is 0 Å². The van der Waals surface area contributed by atoms with Crippen molar-refractivity contribution in [3.05, 3.63) is 24.2 Å². The number of rotatable bonds is 7. The maximum absolute atomic E-state index is 5.20. The molecule has 4 nitrogen and oxygen atoms in total. The van der Waals surface area contributed by atoms with Crippen molar-refractivity contribution >= 4 is 0 Å². The van der Waals surface area contributed by atoms with Gasteiger partial charge in [-0.2, -0.15) is 0 Å². The van der Waals surface area contributed by atoms with E-state index in [4.69, 9.17) is 4.42 Å². The summed E-state index contributed by atoms with van der Waals surface area (Å²) in [6.07, 6.45) is 7.09. The highest BCUT2D eigenvalue weighted by Crippen LogP contribution is 2.15. The average Bonchev–Trinajstić information content (AvgIpc) is 2.93. The fourth-order valence-corrected chi connectivity index (χ4v) is 2.96. The van der Waals surface area contributed by atoms with Gasteiger partial charge in [0.05, 0.1) is 12.5 Å². The zero-order valence-corrected chi connectivity index (χ0v) is 13.1. The van der Waals surface area contributed by atoms with E-state index in [-0.39, 0.29) is 0 Å². The zero-order chi connectivity index (χ0) is 14.4. The van der Waals surface area contributed by atoms with Crippen LogP contribution < -0.4 is 5.32 Å². The molecular formula is C16H29N3O. The van der Waals surface area contributed by atoms with Crippen LogP contribution in [0.4, 0.5) is 0 Å². The molecule has 2 atom stereocenters. The van der Waals surface area contributed by atoms with Crippen molar-refractivity contribution < 1.29 is 4.42 Å². The fourth-order valence-electron chi connectivity index (χ4n) is 2.96. The van der Waals surface area contributed by atoms with Crippen molar-refractivity contribution in [1.29, 1.82) is 0 Å². The monoisotopic (exact) mass is 279 g/mol. The van der Waals surface area contributed by atoms with Gasteiger partial charge in [-0.15, -0.1) is 0 Å². The molecule has 1 N–H and O–H groups in total. The number of hydrogen-bond donors (Lipinski definition) is 1. The van der Waals surface area contributed by atoms with Gasteiger partial charge < -0.3 is 19.5 Å². The molecule has 1 saturated heterocycles. The van der Waals surface area contributed by atoms with Crippen molar-refractivity contribution in [3.8, 4) is 0 Å². The van der Waals surface area contributed by atoms with Crippen molar-refractivity contribution in [3.63, 3.8) is 0 Å². The highest BCUT2D eigenvalue weighted by atomic mass is 16.3. The van der Waals surface area contributed by atoms with Gasteiger partial charge in [0.1, 0.15) is 0 Å². The molecule has 0 amide bonds. The fraction of sp³-hybridized carbons (Fsp3) is 0.750. The molecule has 1 aliphatic heterocycles. The minimum Gasteiger partial charge on any atom is -0.472 e. The van der Waals surface area contributed by atoms with E-state index in [1.165, 1.54) is 38.0 Å². The second kappa shape index (κ2) is 7.81. The average molecular weight is 279 g/mol. The molecule has 2 heterocycles. The summed E-state index contributed by atoms with van der Waals surface area (Å²) in [4.78, 5) is 4.95. The Kier molecular flexibility index (Phi) is 6.07. The van der Waals surface area contributed by atoms with Gasteiger partial charge in [-0.25, -0.2) is 0 Å². The van der Waals surface area contributed by atoms with Gasteiger partial charge in [-0.05, 0) is 51.5 Å². The normalized spacial score (nSPS) is 23.1. The number of nitrogens with zero attached hydrogens (tertiary/aromatic N) is 2. The third-order valence-corrected chi connectivity index (χ3v) is 4.28. The molecule has 0 spiro atoms. The first kappa shape index (κ1) is 15.5. The van der Waals surface area contributed by atoms with Crippen LogP contribution in [0.25, 0.3) is 0 Å². The summed E-state index contributed by atoms with van der Waals surface area (Å²) in [6, 6.07) is 3.26. The molecule has 1 aliphatic rings. The molecule has 0 radical (unpaired) electrons. The lowest BCUT2D eigenvalue weighted by Crippen LogP contribution is -2.52. The lowest BCUT2D eigenvalue weighted by atomic mass is 9.98. The third kappa shape index (κ3) is 4.62. The van der Waals surface area contributed by atoms with Crippen LogP contribution in [0.3, 0.4) is 0 Å². The Morgan fingerprint density at radius 3 is 2.95 bits per heavy atom. The summed E-state index contributed by atoms with van der Waals surface area (Å²) in [5.74, 6) is 0. The van der Waals surface area contributed by atoms with Crippen LogP contribution in [-0.2, 0) is 6.42 Å². The van der Waals surface area contributed by atoms with Gasteiger partial charge in [0.2, 0.25) is 0 Å². The zero-order valence-electron chi connectivity index (χ0n) is 13.1. The minimum atomic E-state index is 0.534. The van der Waals surface area contributed by atoms with Crippen LogP contribution >= 0.6 is 0 Å². The van der Waals surface area contributed by atoms with E-state index in [9.17, 15) is 0 Å². The Morgan fingerprint density at radius 2 is 2.25 bits per heavy atom. The van der Waals surface area contributed by atoms with Crippen LogP contribution in [0.1, 0.15) is 25.3 Å². The van der Waals surface area contributed by atoms with E-state index in [0.717, 1.165) is 13.0 Å². The Balaban J connectivity index is 1.91. The van der Waals surface area contributed by atoms with Gasteiger partial charge in [-0.1, -0.05) is 6.92 Å². The van der Waals surface area contributed by atoms with E-state index >= 15 is 0 Å². The van der Waals surface area contributed by atoms with E-state index in [2.05, 4.69) is 42.2 Å². The molecule has 0 bridgehead atoms. The molecule has 114 valence electrons. The van der Waals surface area contributed by atoms with Crippen LogP contribution in [-0.4, -0.2) is 62.2 Å². The molecular weight excluding hydrogens is 250 g/mol. The van der Waals surface area contributed by atoms with Crippen molar-refractivity contribution in [2.24, 2.45) is 0 Å². The SMILES string of the molecule is CCCNC(Cc1ccoc1)CC1CN(C)CCN1C. The van der Waals surface area contributed by atoms with Gasteiger partial charge in [0.15, 0.2) is 0 Å². The Morgan fingerprint density at radius 1 is 1.40 bits per heavy atom. The van der Waals surface area contributed by atoms with E-state index in [1.54, 1.807) is 6.26 Å². The lowest BCUT2D eigenvalue weighted by Gasteiger charge is -2.39. The molecule has 1 aromatic heterocycles. The Bertz CT molecular complexity index is 366. The van der Waals surface area contributed by atoms with Crippen molar-refractivity contribution in [2.75, 3.05) is 40.3 Å². The van der Waals surface area contributed by atoms with Gasteiger partial charge in [0.25, 0.3) is 0 Å². The van der Waals surface area contributed by atoms with Crippen LogP contribution in [0, 0.1) is 0 Å². The van der Waals surface area contributed by atoms with Gasteiger partial charge in [-0.3, -0.25) is 0 Å². The second-order valence-electron chi connectivity index (χ2n) is 6.12. The minimum absolute atomic E-state index is 0.534. The topological polar surface area (TPSA) is 31.7 Å². The van der Waals surface area contributed by atoms with Crippen LogP contribution in [0.2, 0.25) is 0 Å². The molecule has 0 saturated carbocycles. The largest absolute Gasteiger partial charge is 0.472 e. The summed E-state index contributed by atoms with van der Waals surface area (Å²) in [7, 11) is 4.48. The summed E-state index contributed by atoms with van der Waals surface area (Å²) in [5, 5.41) is 3.70. The number of nitrogens with one attached hydrogen (secondary N) is 1. The predicted molar refractivity (Wildman–Crippen MR) is 83.0 cm³/mol. The molecule has 0 aromatic carbocycles. The first-order valence-electron chi connectivity index (χ1n) is 7.82. The van der Waals surface area contributed by atoms with Crippen LogP contribution in [0.5, 0.6) is 0 Å². The van der Waals surface area contributed by atoms with Gasteiger partial charge >= 0.3 is 0 Å². The summed E-state index contributed by atoms with van der Waals surface area (Å²) >= 11 is 0. The van der Waals surface area contributed by atoms with E-state index in [1.807, 2.05) is 6.26 Å². The molecule has 4 heteroatoms. The molecule has 2 rings (SSSR count). The third-order valence-electron chi connectivity index (χ3n) is 4.28. The lowest BCUT2D eigenvalue weighted by molar-refractivity contribution is 0.101. The molecule has 1 aromatic rings. The number of piperazine rings is 1. The van der Waals surface area contributed by atoms with E-state index in [0.29, 0.717) is 12.1 Å². The highest BCUT2D eigenvalue weighted by molar-refractivity contribution is 5.07. The van der Waals surface area contributed by atoms with Gasteiger partial charge in [0, 0.05) is 31.7 Å². The smallest absolute Gasteiger partial charge is 0.0935 e. The highest BCUT2D eigenvalue weighted by Gasteiger charge is 2.25. The predicted octanol–water partition coefficient (Wildman–Crippen LogP) is 1.83. The summed E-state index contributed by atoms with van der Waals surface area (Å²) in [5.41, 5.74) is 1.30. The van der Waals surface area contributed by atoms with Crippen molar-refractivity contribution in [1.82, 2.24) is 15.1 Å². The Hall–Kier alpha value is -0.840. The maximum Gasteiger partial charge on any atom is 0.0935 e. The molecule has 20 heavy (non-hydrogen) atoms. The Labute approximate surface area is 123 Å².